The number of hydrogen-bond donors (Lipinski definition) is 1. The molecule has 0 aliphatic heterocycles. The Morgan fingerprint density at radius 2 is 2.00 bits per heavy atom. The van der Waals surface area contributed by atoms with Gasteiger partial charge in [0.15, 0.2) is 0 Å². The molecule has 1 aromatic carbocycles. The molecule has 0 bridgehead atoms. The van der Waals surface area contributed by atoms with E-state index < -0.39 is 0 Å². The third kappa shape index (κ3) is 4.46. The molecule has 2 aromatic rings. The van der Waals surface area contributed by atoms with Crippen molar-refractivity contribution in [1.82, 2.24) is 5.32 Å². The van der Waals surface area contributed by atoms with E-state index in [1.807, 2.05) is 48.2 Å². The molecule has 0 atom stereocenters. The molecule has 0 aliphatic rings. The van der Waals surface area contributed by atoms with Crippen molar-refractivity contribution in [2.24, 2.45) is 0 Å². The normalized spacial score (nSPS) is 10.6. The van der Waals surface area contributed by atoms with Gasteiger partial charge in [-0.25, -0.2) is 0 Å². The molecule has 4 heteroatoms. The minimum absolute atomic E-state index is 0.783. The Bertz CT molecular complexity index is 427. The lowest BCUT2D eigenvalue weighted by atomic mass is 10.4. The van der Waals surface area contributed by atoms with Crippen molar-refractivity contribution in [3.05, 3.63) is 53.4 Å². The van der Waals surface area contributed by atoms with Crippen LogP contribution in [0.15, 0.2) is 52.0 Å². The molecule has 0 amide bonds. The van der Waals surface area contributed by atoms with Crippen molar-refractivity contribution in [3.8, 4) is 0 Å². The summed E-state index contributed by atoms with van der Waals surface area (Å²) in [5.74, 6) is 2.00. The van der Waals surface area contributed by atoms with E-state index >= 15 is 0 Å². The Morgan fingerprint density at radius 1 is 1.18 bits per heavy atom. The quantitative estimate of drug-likeness (QED) is 0.636. The van der Waals surface area contributed by atoms with Crippen LogP contribution in [0.1, 0.15) is 5.76 Å². The van der Waals surface area contributed by atoms with E-state index in [0.29, 0.717) is 0 Å². The van der Waals surface area contributed by atoms with E-state index in [9.17, 15) is 0 Å². The summed E-state index contributed by atoms with van der Waals surface area (Å²) < 4.78 is 5.23. The largest absolute Gasteiger partial charge is 0.468 e. The van der Waals surface area contributed by atoms with Crippen LogP contribution in [0.2, 0.25) is 5.02 Å². The van der Waals surface area contributed by atoms with Crippen LogP contribution in [0.3, 0.4) is 0 Å². The van der Waals surface area contributed by atoms with Crippen molar-refractivity contribution >= 4 is 23.4 Å². The van der Waals surface area contributed by atoms with Crippen LogP contribution < -0.4 is 5.32 Å². The number of nitrogens with one attached hydrogen (secondary N) is 1. The molecular weight excluding hydrogens is 254 g/mol. The summed E-state index contributed by atoms with van der Waals surface area (Å²) in [6.45, 7) is 1.74. The Labute approximate surface area is 110 Å². The molecule has 1 heterocycles. The Hall–Kier alpha value is -0.900. The van der Waals surface area contributed by atoms with E-state index in [1.165, 1.54) is 4.90 Å². The van der Waals surface area contributed by atoms with Gasteiger partial charge in [0.2, 0.25) is 0 Å². The van der Waals surface area contributed by atoms with Gasteiger partial charge in [-0.3, -0.25) is 0 Å². The summed E-state index contributed by atoms with van der Waals surface area (Å²) in [5, 5.41) is 4.11. The first-order valence-corrected chi connectivity index (χ1v) is 6.82. The molecule has 0 saturated heterocycles. The van der Waals surface area contributed by atoms with Crippen molar-refractivity contribution in [2.45, 2.75) is 11.4 Å². The predicted octanol–water partition coefficient (Wildman–Crippen LogP) is 3.81. The topological polar surface area (TPSA) is 25.2 Å². The molecule has 1 aromatic heterocycles. The second-order valence-corrected chi connectivity index (χ2v) is 5.16. The summed E-state index contributed by atoms with van der Waals surface area (Å²) >= 11 is 7.64. The van der Waals surface area contributed by atoms with Gasteiger partial charge in [0.1, 0.15) is 5.76 Å². The lowest BCUT2D eigenvalue weighted by Crippen LogP contribution is -2.15. The third-order valence-corrected chi connectivity index (χ3v) is 3.51. The fourth-order valence-corrected chi connectivity index (χ4v) is 2.33. The zero-order valence-corrected chi connectivity index (χ0v) is 10.9. The monoisotopic (exact) mass is 267 g/mol. The highest BCUT2D eigenvalue weighted by Gasteiger charge is 1.96. The summed E-state index contributed by atoms with van der Waals surface area (Å²) in [7, 11) is 0. The minimum atomic E-state index is 0.783. The van der Waals surface area contributed by atoms with E-state index in [2.05, 4.69) is 5.32 Å². The molecule has 0 unspecified atom stereocenters. The fourth-order valence-electron chi connectivity index (χ4n) is 1.40. The van der Waals surface area contributed by atoms with Gasteiger partial charge in [-0.15, -0.1) is 11.8 Å². The smallest absolute Gasteiger partial charge is 0.117 e. The highest BCUT2D eigenvalue weighted by molar-refractivity contribution is 7.99. The number of hydrogen-bond acceptors (Lipinski definition) is 3. The standard InChI is InChI=1S/C13H14ClNOS/c14-11-3-5-13(6-4-11)17-9-7-15-10-12-2-1-8-16-12/h1-6,8,15H,7,9-10H2. The van der Waals surface area contributed by atoms with Gasteiger partial charge in [-0.1, -0.05) is 11.6 Å². The molecule has 17 heavy (non-hydrogen) atoms. The first-order chi connectivity index (χ1) is 8.34. The van der Waals surface area contributed by atoms with Crippen LogP contribution in [0, 0.1) is 0 Å². The van der Waals surface area contributed by atoms with Crippen LogP contribution in [0.4, 0.5) is 0 Å². The summed E-state index contributed by atoms with van der Waals surface area (Å²) in [6, 6.07) is 11.8. The number of benzene rings is 1. The number of thioether (sulfide) groups is 1. The summed E-state index contributed by atoms with van der Waals surface area (Å²) in [4.78, 5) is 1.24. The zero-order chi connectivity index (χ0) is 11.9. The first kappa shape index (κ1) is 12.6. The second kappa shape index (κ2) is 6.74. The van der Waals surface area contributed by atoms with Crippen molar-refractivity contribution < 1.29 is 4.42 Å². The number of rotatable bonds is 6. The Kier molecular flexibility index (Phi) is 4.98. The van der Waals surface area contributed by atoms with Gasteiger partial charge < -0.3 is 9.73 Å². The maximum atomic E-state index is 5.82. The molecular formula is C13H14ClNOS. The van der Waals surface area contributed by atoms with Crippen LogP contribution in [0.25, 0.3) is 0 Å². The highest BCUT2D eigenvalue weighted by Crippen LogP contribution is 2.19. The van der Waals surface area contributed by atoms with E-state index in [1.54, 1.807) is 6.26 Å². The highest BCUT2D eigenvalue weighted by atomic mass is 35.5. The fraction of sp³-hybridized carbons (Fsp3) is 0.231. The molecule has 2 rings (SSSR count). The van der Waals surface area contributed by atoms with Gasteiger partial charge in [0.05, 0.1) is 12.8 Å². The van der Waals surface area contributed by atoms with Crippen LogP contribution >= 0.6 is 23.4 Å². The first-order valence-electron chi connectivity index (χ1n) is 5.46. The SMILES string of the molecule is Clc1ccc(SCCNCc2ccco2)cc1. The van der Waals surface area contributed by atoms with E-state index in [0.717, 1.165) is 29.6 Å². The lowest BCUT2D eigenvalue weighted by molar-refractivity contribution is 0.488. The van der Waals surface area contributed by atoms with E-state index in [-0.39, 0.29) is 0 Å². The van der Waals surface area contributed by atoms with Crippen LogP contribution in [0.5, 0.6) is 0 Å². The summed E-state index contributed by atoms with van der Waals surface area (Å²) in [5.41, 5.74) is 0. The molecule has 0 saturated carbocycles. The van der Waals surface area contributed by atoms with Gasteiger partial charge in [0, 0.05) is 22.2 Å². The molecule has 0 spiro atoms. The predicted molar refractivity (Wildman–Crippen MR) is 72.6 cm³/mol. The zero-order valence-electron chi connectivity index (χ0n) is 9.36. The van der Waals surface area contributed by atoms with E-state index in [4.69, 9.17) is 16.0 Å². The average molecular weight is 268 g/mol. The molecule has 1 N–H and O–H groups in total. The molecule has 2 nitrogen and oxygen atoms in total. The Balaban J connectivity index is 1.61. The van der Waals surface area contributed by atoms with Crippen LogP contribution in [-0.2, 0) is 6.54 Å². The molecule has 0 fully saturated rings. The maximum Gasteiger partial charge on any atom is 0.117 e. The summed E-state index contributed by atoms with van der Waals surface area (Å²) in [6.07, 6.45) is 1.69. The number of halogens is 1. The van der Waals surface area contributed by atoms with Gasteiger partial charge >= 0.3 is 0 Å². The second-order valence-electron chi connectivity index (χ2n) is 3.56. The van der Waals surface area contributed by atoms with Crippen molar-refractivity contribution in [1.29, 1.82) is 0 Å². The maximum absolute atomic E-state index is 5.82. The number of furan rings is 1. The van der Waals surface area contributed by atoms with Crippen molar-refractivity contribution in [3.63, 3.8) is 0 Å². The third-order valence-electron chi connectivity index (χ3n) is 2.24. The van der Waals surface area contributed by atoms with Crippen LogP contribution in [-0.4, -0.2) is 12.3 Å². The molecule has 90 valence electrons. The minimum Gasteiger partial charge on any atom is -0.468 e. The molecule has 0 radical (unpaired) electrons. The Morgan fingerprint density at radius 3 is 2.71 bits per heavy atom. The molecule has 0 aliphatic carbocycles. The van der Waals surface area contributed by atoms with Gasteiger partial charge in [-0.05, 0) is 36.4 Å². The van der Waals surface area contributed by atoms with Gasteiger partial charge in [-0.2, -0.15) is 0 Å². The lowest BCUT2D eigenvalue weighted by Gasteiger charge is -2.03. The van der Waals surface area contributed by atoms with Gasteiger partial charge in [0.25, 0.3) is 0 Å². The average Bonchev–Trinajstić information content (AvgIpc) is 2.84. The van der Waals surface area contributed by atoms with Crippen molar-refractivity contribution in [2.75, 3.05) is 12.3 Å².